The Balaban J connectivity index is 1.24. The molecule has 1 aliphatic heterocycles. The molecular weight excluding hydrogens is 544 g/mol. The second kappa shape index (κ2) is 10.3. The molecule has 4 aromatic carbocycles. The molecule has 6 rings (SSSR count). The molecular formula is C31H25ClN4O3S. The van der Waals surface area contributed by atoms with Gasteiger partial charge in [-0.3, -0.25) is 9.59 Å². The number of amides is 2. The van der Waals surface area contributed by atoms with Crippen molar-refractivity contribution in [1.82, 2.24) is 4.98 Å². The first kappa shape index (κ1) is 25.9. The van der Waals surface area contributed by atoms with Gasteiger partial charge in [-0.2, -0.15) is 0 Å². The number of nitrogens with zero attached hydrogens (tertiary/aromatic N) is 2. The third kappa shape index (κ3) is 4.55. The lowest BCUT2D eigenvalue weighted by molar-refractivity contribution is 0.0986. The van der Waals surface area contributed by atoms with Crippen molar-refractivity contribution in [2.75, 3.05) is 28.4 Å². The van der Waals surface area contributed by atoms with Crippen LogP contribution in [0.4, 0.5) is 17.1 Å². The molecule has 7 nitrogen and oxygen atoms in total. The third-order valence-corrected chi connectivity index (χ3v) is 8.40. The van der Waals surface area contributed by atoms with E-state index in [2.05, 4.69) is 10.3 Å². The molecule has 0 unspecified atom stereocenters. The van der Waals surface area contributed by atoms with Gasteiger partial charge in [0, 0.05) is 57.7 Å². The van der Waals surface area contributed by atoms with E-state index in [9.17, 15) is 14.7 Å². The Bertz CT molecular complexity index is 1770. The number of hydrogen-bond acceptors (Lipinski definition) is 6. The SMILES string of the molecule is Cc1cccc2c(O)cc3c(c12)[C@H](CCl)CN3C(=O)c1nc(-c2ccc(NC(=O)c3ccc(N)cc3)cc2)cs1. The van der Waals surface area contributed by atoms with Crippen LogP contribution in [0, 0.1) is 6.92 Å². The van der Waals surface area contributed by atoms with Crippen molar-refractivity contribution in [1.29, 1.82) is 0 Å². The molecule has 0 bridgehead atoms. The summed E-state index contributed by atoms with van der Waals surface area (Å²) in [4.78, 5) is 32.5. The van der Waals surface area contributed by atoms with E-state index in [1.165, 1.54) is 11.3 Å². The highest BCUT2D eigenvalue weighted by Gasteiger charge is 2.36. The number of halogens is 1. The highest BCUT2D eigenvalue weighted by atomic mass is 35.5. The standard InChI is InChI=1S/C31H25ClN4O3S/c1-17-3-2-4-23-26(37)13-25-28(27(17)23)20(14-32)15-36(25)31(39)30-35-24(16-40-30)18-7-11-22(12-8-18)34-29(38)19-5-9-21(33)10-6-19/h2-13,16,20,37H,14-15,33H2,1H3,(H,34,38)/t20-/m1/s1. The van der Waals surface area contributed by atoms with Gasteiger partial charge in [-0.25, -0.2) is 4.98 Å². The molecule has 9 heteroatoms. The maximum absolute atomic E-state index is 13.7. The fraction of sp³-hybridized carbons (Fsp3) is 0.129. The lowest BCUT2D eigenvalue weighted by atomic mass is 9.92. The highest BCUT2D eigenvalue weighted by Crippen LogP contribution is 2.46. The molecule has 1 aromatic heterocycles. The molecule has 2 amide bonds. The number of carbonyl (C=O) groups is 2. The summed E-state index contributed by atoms with van der Waals surface area (Å²) in [5.41, 5.74) is 11.6. The van der Waals surface area contributed by atoms with Crippen LogP contribution in [0.2, 0.25) is 0 Å². The fourth-order valence-corrected chi connectivity index (χ4v) is 6.22. The number of anilines is 3. The molecule has 0 spiro atoms. The van der Waals surface area contributed by atoms with Crippen molar-refractivity contribution in [2.24, 2.45) is 0 Å². The van der Waals surface area contributed by atoms with E-state index in [1.807, 2.05) is 42.6 Å². The molecule has 1 aliphatic rings. The predicted octanol–water partition coefficient (Wildman–Crippen LogP) is 6.79. The number of aromatic hydroxyl groups is 1. The molecule has 1 atom stereocenters. The van der Waals surface area contributed by atoms with Crippen molar-refractivity contribution in [3.8, 4) is 17.0 Å². The minimum Gasteiger partial charge on any atom is -0.507 e. The van der Waals surface area contributed by atoms with Crippen LogP contribution in [0.1, 0.15) is 37.2 Å². The van der Waals surface area contributed by atoms with Crippen molar-refractivity contribution in [3.63, 3.8) is 0 Å². The van der Waals surface area contributed by atoms with E-state index < -0.39 is 0 Å². The van der Waals surface area contributed by atoms with Gasteiger partial charge in [0.15, 0.2) is 5.01 Å². The number of fused-ring (bicyclic) bond motifs is 3. The average Bonchev–Trinajstić information content (AvgIpc) is 3.59. The normalized spacial score (nSPS) is 14.3. The molecule has 5 aromatic rings. The predicted molar refractivity (Wildman–Crippen MR) is 162 cm³/mol. The second-order valence-electron chi connectivity index (χ2n) is 9.78. The average molecular weight is 569 g/mol. The minimum atomic E-state index is -0.232. The molecule has 0 saturated heterocycles. The number of nitrogen functional groups attached to an aromatic ring is 1. The van der Waals surface area contributed by atoms with Gasteiger partial charge >= 0.3 is 0 Å². The van der Waals surface area contributed by atoms with E-state index in [1.54, 1.807) is 47.4 Å². The quantitative estimate of drug-likeness (QED) is 0.160. The number of carbonyl (C=O) groups excluding carboxylic acids is 2. The zero-order valence-corrected chi connectivity index (χ0v) is 23.1. The molecule has 0 fully saturated rings. The minimum absolute atomic E-state index is 0.0553. The number of aromatic nitrogens is 1. The molecule has 200 valence electrons. The first-order chi connectivity index (χ1) is 19.3. The van der Waals surface area contributed by atoms with E-state index >= 15 is 0 Å². The number of hydrogen-bond donors (Lipinski definition) is 3. The van der Waals surface area contributed by atoms with Crippen LogP contribution in [0.15, 0.2) is 78.2 Å². The molecule has 0 aliphatic carbocycles. The number of phenols is 1. The monoisotopic (exact) mass is 568 g/mol. The van der Waals surface area contributed by atoms with E-state index in [0.29, 0.717) is 45.8 Å². The summed E-state index contributed by atoms with van der Waals surface area (Å²) in [6.45, 7) is 2.42. The summed E-state index contributed by atoms with van der Waals surface area (Å²) >= 11 is 7.64. The Morgan fingerprint density at radius 3 is 2.60 bits per heavy atom. The zero-order valence-electron chi connectivity index (χ0n) is 21.5. The van der Waals surface area contributed by atoms with Gasteiger partial charge in [0.2, 0.25) is 0 Å². The van der Waals surface area contributed by atoms with Crippen LogP contribution in [0.25, 0.3) is 22.0 Å². The smallest absolute Gasteiger partial charge is 0.287 e. The van der Waals surface area contributed by atoms with Crippen molar-refractivity contribution in [2.45, 2.75) is 12.8 Å². The lowest BCUT2D eigenvalue weighted by Crippen LogP contribution is -2.30. The van der Waals surface area contributed by atoms with Crippen molar-refractivity contribution < 1.29 is 14.7 Å². The summed E-state index contributed by atoms with van der Waals surface area (Å²) in [6, 6.07) is 21.5. The van der Waals surface area contributed by atoms with Gasteiger partial charge in [-0.1, -0.05) is 30.3 Å². The first-order valence-corrected chi connectivity index (χ1v) is 14.1. The van der Waals surface area contributed by atoms with Crippen LogP contribution in [-0.2, 0) is 0 Å². The van der Waals surface area contributed by atoms with Crippen LogP contribution in [0.3, 0.4) is 0 Å². The number of thiazole rings is 1. The maximum Gasteiger partial charge on any atom is 0.287 e. The lowest BCUT2D eigenvalue weighted by Gasteiger charge is -2.17. The Hall–Kier alpha value is -4.40. The van der Waals surface area contributed by atoms with Gasteiger partial charge < -0.3 is 21.1 Å². The van der Waals surface area contributed by atoms with Gasteiger partial charge in [0.25, 0.3) is 11.8 Å². The van der Waals surface area contributed by atoms with Gasteiger partial charge in [0.05, 0.1) is 11.4 Å². The first-order valence-electron chi connectivity index (χ1n) is 12.7. The Kier molecular flexibility index (Phi) is 6.65. The van der Waals surface area contributed by atoms with Crippen LogP contribution in [0.5, 0.6) is 5.75 Å². The highest BCUT2D eigenvalue weighted by molar-refractivity contribution is 7.12. The van der Waals surface area contributed by atoms with Crippen LogP contribution >= 0.6 is 22.9 Å². The summed E-state index contributed by atoms with van der Waals surface area (Å²) in [7, 11) is 0. The zero-order chi connectivity index (χ0) is 28.0. The molecule has 4 N–H and O–H groups in total. The van der Waals surface area contributed by atoms with Gasteiger partial charge in [-0.05, 0) is 59.8 Å². The molecule has 0 saturated carbocycles. The fourth-order valence-electron chi connectivity index (χ4n) is 5.20. The second-order valence-corrected chi connectivity index (χ2v) is 11.0. The number of phenolic OH excluding ortho intramolecular Hbond substituents is 1. The molecule has 2 heterocycles. The number of nitrogens with two attached hydrogens (primary N) is 1. The van der Waals surface area contributed by atoms with Crippen molar-refractivity contribution >= 4 is 62.6 Å². The Morgan fingerprint density at radius 1 is 1.12 bits per heavy atom. The number of alkyl halides is 1. The number of nitrogens with one attached hydrogen (secondary N) is 1. The topological polar surface area (TPSA) is 109 Å². The maximum atomic E-state index is 13.7. The largest absolute Gasteiger partial charge is 0.507 e. The Morgan fingerprint density at radius 2 is 1.88 bits per heavy atom. The molecule has 0 radical (unpaired) electrons. The van der Waals surface area contributed by atoms with E-state index in [-0.39, 0.29) is 23.5 Å². The van der Waals surface area contributed by atoms with E-state index in [4.69, 9.17) is 17.3 Å². The summed E-state index contributed by atoms with van der Waals surface area (Å²) in [5.74, 6) is -0.0293. The van der Waals surface area contributed by atoms with E-state index in [0.717, 1.165) is 27.5 Å². The number of aryl methyl sites for hydroxylation is 1. The summed E-state index contributed by atoms with van der Waals surface area (Å²) < 4.78 is 0. The van der Waals surface area contributed by atoms with Crippen LogP contribution in [-0.4, -0.2) is 34.3 Å². The Labute approximate surface area is 239 Å². The van der Waals surface area contributed by atoms with Gasteiger partial charge in [0.1, 0.15) is 5.75 Å². The third-order valence-electron chi connectivity index (χ3n) is 7.20. The number of benzene rings is 4. The van der Waals surface area contributed by atoms with Gasteiger partial charge in [-0.15, -0.1) is 22.9 Å². The summed E-state index contributed by atoms with van der Waals surface area (Å²) in [6.07, 6.45) is 0. The summed E-state index contributed by atoms with van der Waals surface area (Å²) in [5, 5.41) is 17.5. The van der Waals surface area contributed by atoms with Crippen LogP contribution < -0.4 is 16.0 Å². The molecule has 40 heavy (non-hydrogen) atoms. The number of rotatable bonds is 5. The van der Waals surface area contributed by atoms with Crippen molar-refractivity contribution in [3.05, 3.63) is 99.9 Å².